The van der Waals surface area contributed by atoms with Crippen molar-refractivity contribution in [3.8, 4) is 5.75 Å². The molecule has 0 saturated heterocycles. The van der Waals surface area contributed by atoms with Gasteiger partial charge in [-0.15, -0.1) is 0 Å². The van der Waals surface area contributed by atoms with Gasteiger partial charge in [-0.25, -0.2) is 4.79 Å². The van der Waals surface area contributed by atoms with Crippen LogP contribution in [0.3, 0.4) is 0 Å². The van der Waals surface area contributed by atoms with Gasteiger partial charge in [0.15, 0.2) is 0 Å². The van der Waals surface area contributed by atoms with Gasteiger partial charge in [0.2, 0.25) is 0 Å². The Labute approximate surface area is 131 Å². The fraction of sp³-hybridized carbons (Fsp3) is 0.500. The van der Waals surface area contributed by atoms with E-state index in [4.69, 9.17) is 9.47 Å². The first kappa shape index (κ1) is 17.8. The van der Waals surface area contributed by atoms with Crippen LogP contribution in [0.15, 0.2) is 24.3 Å². The van der Waals surface area contributed by atoms with E-state index < -0.39 is 11.7 Å². The van der Waals surface area contributed by atoms with E-state index in [-0.39, 0.29) is 5.91 Å². The van der Waals surface area contributed by atoms with E-state index in [1.54, 1.807) is 31.3 Å². The number of nitrogens with one attached hydrogen (secondary N) is 1. The Morgan fingerprint density at radius 3 is 2.45 bits per heavy atom. The maximum atomic E-state index is 12.1. The third-order valence-electron chi connectivity index (χ3n) is 2.79. The van der Waals surface area contributed by atoms with Gasteiger partial charge in [0.05, 0.1) is 12.7 Å². The molecule has 6 nitrogen and oxygen atoms in total. The minimum atomic E-state index is -0.536. The number of ether oxygens (including phenoxy) is 2. The summed E-state index contributed by atoms with van der Waals surface area (Å²) in [7, 11) is 3.14. The Hall–Kier alpha value is -2.24. The van der Waals surface area contributed by atoms with E-state index in [2.05, 4.69) is 5.32 Å². The number of methoxy groups -OCH3 is 1. The van der Waals surface area contributed by atoms with Crippen LogP contribution in [-0.4, -0.2) is 49.7 Å². The average Bonchev–Trinajstić information content (AvgIpc) is 2.45. The molecule has 122 valence electrons. The smallest absolute Gasteiger partial charge is 0.410 e. The van der Waals surface area contributed by atoms with Gasteiger partial charge in [-0.2, -0.15) is 0 Å². The molecule has 1 N–H and O–H groups in total. The zero-order valence-corrected chi connectivity index (χ0v) is 13.8. The van der Waals surface area contributed by atoms with Crippen molar-refractivity contribution in [2.45, 2.75) is 26.4 Å². The maximum Gasteiger partial charge on any atom is 0.410 e. The summed E-state index contributed by atoms with van der Waals surface area (Å²) < 4.78 is 10.4. The van der Waals surface area contributed by atoms with Gasteiger partial charge >= 0.3 is 6.09 Å². The normalized spacial score (nSPS) is 10.8. The molecular weight excluding hydrogens is 284 g/mol. The summed E-state index contributed by atoms with van der Waals surface area (Å²) >= 11 is 0. The van der Waals surface area contributed by atoms with Gasteiger partial charge < -0.3 is 19.7 Å². The Morgan fingerprint density at radius 2 is 1.86 bits per heavy atom. The summed E-state index contributed by atoms with van der Waals surface area (Å²) in [5, 5.41) is 2.75. The van der Waals surface area contributed by atoms with Crippen molar-refractivity contribution in [3.05, 3.63) is 29.8 Å². The predicted molar refractivity (Wildman–Crippen MR) is 84.2 cm³/mol. The van der Waals surface area contributed by atoms with Crippen molar-refractivity contribution in [2.24, 2.45) is 0 Å². The standard InChI is InChI=1S/C16H24N2O4/c1-16(2,3)22-15(20)18(4)11-10-17-14(19)12-8-6-7-9-13(12)21-5/h6-9H,10-11H2,1-5H3,(H,17,19). The average molecular weight is 308 g/mol. The molecule has 0 unspecified atom stereocenters. The Kier molecular flexibility index (Phi) is 6.22. The molecule has 0 fully saturated rings. The molecule has 0 spiro atoms. The Morgan fingerprint density at radius 1 is 1.23 bits per heavy atom. The van der Waals surface area contributed by atoms with Crippen molar-refractivity contribution in [2.75, 3.05) is 27.2 Å². The number of carbonyl (C=O) groups excluding carboxylic acids is 2. The summed E-state index contributed by atoms with van der Waals surface area (Å²) in [6.07, 6.45) is -0.418. The molecule has 1 aromatic rings. The fourth-order valence-electron chi connectivity index (χ4n) is 1.70. The molecule has 6 heteroatoms. The topological polar surface area (TPSA) is 67.9 Å². The molecule has 22 heavy (non-hydrogen) atoms. The molecule has 0 aliphatic rings. The quantitative estimate of drug-likeness (QED) is 0.906. The molecule has 0 heterocycles. The van der Waals surface area contributed by atoms with Crippen LogP contribution >= 0.6 is 0 Å². The molecule has 0 saturated carbocycles. The summed E-state index contributed by atoms with van der Waals surface area (Å²) in [6, 6.07) is 6.98. The molecule has 0 radical (unpaired) electrons. The second kappa shape index (κ2) is 7.68. The van der Waals surface area contributed by atoms with Gasteiger partial charge in [-0.3, -0.25) is 4.79 Å². The molecule has 1 rings (SSSR count). The second-order valence-corrected chi connectivity index (χ2v) is 5.86. The van der Waals surface area contributed by atoms with Crippen LogP contribution in [0, 0.1) is 0 Å². The van der Waals surface area contributed by atoms with Crippen LogP contribution in [0.25, 0.3) is 0 Å². The molecular formula is C16H24N2O4. The van der Waals surface area contributed by atoms with E-state index in [9.17, 15) is 9.59 Å². The van der Waals surface area contributed by atoms with E-state index in [0.717, 1.165) is 0 Å². The number of hydrogen-bond donors (Lipinski definition) is 1. The number of para-hydroxylation sites is 1. The van der Waals surface area contributed by atoms with Gasteiger partial charge in [0.1, 0.15) is 11.4 Å². The van der Waals surface area contributed by atoms with E-state index in [0.29, 0.717) is 24.4 Å². The fourth-order valence-corrected chi connectivity index (χ4v) is 1.70. The van der Waals surface area contributed by atoms with Crippen LogP contribution in [0.5, 0.6) is 5.75 Å². The first-order valence-electron chi connectivity index (χ1n) is 7.10. The number of benzene rings is 1. The van der Waals surface area contributed by atoms with Gasteiger partial charge in [0.25, 0.3) is 5.91 Å². The highest BCUT2D eigenvalue weighted by atomic mass is 16.6. The molecule has 0 aliphatic carbocycles. The van der Waals surface area contributed by atoms with E-state index >= 15 is 0 Å². The molecule has 0 aromatic heterocycles. The highest BCUT2D eigenvalue weighted by Crippen LogP contribution is 2.16. The second-order valence-electron chi connectivity index (χ2n) is 5.86. The first-order chi connectivity index (χ1) is 10.2. The van der Waals surface area contributed by atoms with Crippen molar-refractivity contribution in [3.63, 3.8) is 0 Å². The predicted octanol–water partition coefficient (Wildman–Crippen LogP) is 2.29. The zero-order chi connectivity index (χ0) is 16.8. The number of hydrogen-bond acceptors (Lipinski definition) is 4. The number of amides is 2. The van der Waals surface area contributed by atoms with Crippen molar-refractivity contribution in [1.29, 1.82) is 0 Å². The lowest BCUT2D eigenvalue weighted by atomic mass is 10.2. The van der Waals surface area contributed by atoms with Crippen LogP contribution in [-0.2, 0) is 4.74 Å². The number of nitrogens with zero attached hydrogens (tertiary/aromatic N) is 1. The summed E-state index contributed by atoms with van der Waals surface area (Å²) in [4.78, 5) is 25.3. The maximum absolute atomic E-state index is 12.1. The minimum Gasteiger partial charge on any atom is -0.496 e. The monoisotopic (exact) mass is 308 g/mol. The Bertz CT molecular complexity index is 523. The summed E-state index contributed by atoms with van der Waals surface area (Å²) in [5.74, 6) is 0.274. The zero-order valence-electron chi connectivity index (χ0n) is 13.8. The number of carbonyl (C=O) groups is 2. The molecule has 0 aliphatic heterocycles. The van der Waals surface area contributed by atoms with Crippen LogP contribution in [0.4, 0.5) is 4.79 Å². The molecule has 1 aromatic carbocycles. The van der Waals surface area contributed by atoms with Crippen molar-refractivity contribution >= 4 is 12.0 Å². The van der Waals surface area contributed by atoms with Crippen molar-refractivity contribution in [1.82, 2.24) is 10.2 Å². The third kappa shape index (κ3) is 5.63. The minimum absolute atomic E-state index is 0.241. The number of rotatable bonds is 5. The molecule has 0 atom stereocenters. The van der Waals surface area contributed by atoms with E-state index in [1.807, 2.05) is 20.8 Å². The van der Waals surface area contributed by atoms with Gasteiger partial charge in [-0.1, -0.05) is 12.1 Å². The lowest BCUT2D eigenvalue weighted by molar-refractivity contribution is 0.0299. The molecule has 0 bridgehead atoms. The third-order valence-corrected chi connectivity index (χ3v) is 2.79. The van der Waals surface area contributed by atoms with Crippen LogP contribution in [0.2, 0.25) is 0 Å². The summed E-state index contributed by atoms with van der Waals surface area (Å²) in [5.41, 5.74) is -0.0728. The highest BCUT2D eigenvalue weighted by molar-refractivity contribution is 5.96. The number of likely N-dealkylation sites (N-methyl/N-ethyl adjacent to an activating group) is 1. The Balaban J connectivity index is 2.47. The van der Waals surface area contributed by atoms with E-state index in [1.165, 1.54) is 12.0 Å². The van der Waals surface area contributed by atoms with Crippen LogP contribution in [0.1, 0.15) is 31.1 Å². The largest absolute Gasteiger partial charge is 0.496 e. The lowest BCUT2D eigenvalue weighted by Crippen LogP contribution is -2.39. The van der Waals surface area contributed by atoms with Gasteiger partial charge in [0, 0.05) is 20.1 Å². The first-order valence-corrected chi connectivity index (χ1v) is 7.10. The van der Waals surface area contributed by atoms with Crippen molar-refractivity contribution < 1.29 is 19.1 Å². The van der Waals surface area contributed by atoms with Gasteiger partial charge in [-0.05, 0) is 32.9 Å². The SMILES string of the molecule is COc1ccccc1C(=O)NCCN(C)C(=O)OC(C)(C)C. The van der Waals surface area contributed by atoms with Crippen LogP contribution < -0.4 is 10.1 Å². The summed E-state index contributed by atoms with van der Waals surface area (Å²) in [6.45, 7) is 6.11. The highest BCUT2D eigenvalue weighted by Gasteiger charge is 2.19. The lowest BCUT2D eigenvalue weighted by Gasteiger charge is -2.24. The molecule has 2 amide bonds.